The van der Waals surface area contributed by atoms with Crippen LogP contribution < -0.4 is 14.8 Å². The molecular formula is C30H24FN5O4. The molecule has 0 saturated heterocycles. The number of rotatable bonds is 8. The first-order valence-electron chi connectivity index (χ1n) is 12.6. The molecule has 1 aromatic heterocycles. The third-order valence-electron chi connectivity index (χ3n) is 6.61. The molecule has 1 unspecified atom stereocenters. The normalized spacial score (nSPS) is 12.7. The standard InChI is InChI=1S/C30H24FN5O4/c31-22-12-10-20(11-13-22)17-35(28(37)18-36-25-9-5-4-8-24(25)33-34-36)29(21-6-2-1-3-7-21)30(38)32-23-14-15-26-27(16-23)40-19-39-26/h1-16,29H,17-19H2,(H,32,38). The summed E-state index contributed by atoms with van der Waals surface area (Å²) in [5.74, 6) is -0.0772. The Morgan fingerprint density at radius 1 is 0.925 bits per heavy atom. The van der Waals surface area contributed by atoms with Gasteiger partial charge < -0.3 is 19.7 Å². The van der Waals surface area contributed by atoms with Crippen molar-refractivity contribution in [2.45, 2.75) is 19.1 Å². The Bertz CT molecular complexity index is 1670. The van der Waals surface area contributed by atoms with Crippen molar-refractivity contribution in [2.75, 3.05) is 12.1 Å². The third-order valence-corrected chi connectivity index (χ3v) is 6.61. The van der Waals surface area contributed by atoms with E-state index < -0.39 is 17.8 Å². The first-order valence-corrected chi connectivity index (χ1v) is 12.6. The van der Waals surface area contributed by atoms with E-state index >= 15 is 0 Å². The topological polar surface area (TPSA) is 98.6 Å². The number of aromatic nitrogens is 3. The van der Waals surface area contributed by atoms with Gasteiger partial charge in [0.1, 0.15) is 23.9 Å². The Labute approximate surface area is 228 Å². The number of hydrogen-bond acceptors (Lipinski definition) is 6. The second-order valence-corrected chi connectivity index (χ2v) is 9.25. The number of hydrogen-bond donors (Lipinski definition) is 1. The molecule has 0 radical (unpaired) electrons. The first-order chi connectivity index (χ1) is 19.5. The van der Waals surface area contributed by atoms with Gasteiger partial charge in [0.25, 0.3) is 5.91 Å². The molecule has 9 nitrogen and oxygen atoms in total. The Hall–Kier alpha value is -5.25. The molecule has 10 heteroatoms. The van der Waals surface area contributed by atoms with Crippen molar-refractivity contribution in [2.24, 2.45) is 0 Å². The molecule has 6 rings (SSSR count). The van der Waals surface area contributed by atoms with Crippen molar-refractivity contribution < 1.29 is 23.5 Å². The van der Waals surface area contributed by atoms with E-state index in [1.807, 2.05) is 42.5 Å². The number of para-hydroxylation sites is 1. The van der Waals surface area contributed by atoms with Crippen LogP contribution in [0.15, 0.2) is 97.1 Å². The smallest absolute Gasteiger partial charge is 0.251 e. The number of nitrogens with zero attached hydrogens (tertiary/aromatic N) is 4. The van der Waals surface area contributed by atoms with Gasteiger partial charge in [0.15, 0.2) is 11.5 Å². The van der Waals surface area contributed by atoms with Crippen molar-refractivity contribution in [1.29, 1.82) is 0 Å². The molecule has 1 aliphatic rings. The lowest BCUT2D eigenvalue weighted by Gasteiger charge is -2.31. The van der Waals surface area contributed by atoms with Crippen LogP contribution in [0, 0.1) is 5.82 Å². The van der Waals surface area contributed by atoms with E-state index in [0.717, 1.165) is 0 Å². The molecule has 40 heavy (non-hydrogen) atoms. The average Bonchev–Trinajstić information content (AvgIpc) is 3.61. The molecule has 2 heterocycles. The summed E-state index contributed by atoms with van der Waals surface area (Å²) >= 11 is 0. The number of anilines is 1. The molecule has 2 amide bonds. The fourth-order valence-electron chi connectivity index (χ4n) is 4.66. The molecule has 4 aromatic carbocycles. The highest BCUT2D eigenvalue weighted by molar-refractivity contribution is 5.98. The van der Waals surface area contributed by atoms with E-state index in [-0.39, 0.29) is 25.8 Å². The van der Waals surface area contributed by atoms with Crippen LogP contribution in [0.25, 0.3) is 11.0 Å². The number of amides is 2. The van der Waals surface area contributed by atoms with Gasteiger partial charge in [-0.25, -0.2) is 9.07 Å². The summed E-state index contributed by atoms with van der Waals surface area (Å²) in [5, 5.41) is 11.2. The van der Waals surface area contributed by atoms with Crippen LogP contribution in [-0.2, 0) is 22.7 Å². The second-order valence-electron chi connectivity index (χ2n) is 9.25. The minimum Gasteiger partial charge on any atom is -0.454 e. The number of carbonyl (C=O) groups is 2. The predicted octanol–water partition coefficient (Wildman–Crippen LogP) is 4.71. The minimum atomic E-state index is -1.01. The van der Waals surface area contributed by atoms with Gasteiger partial charge in [-0.05, 0) is 47.5 Å². The largest absolute Gasteiger partial charge is 0.454 e. The third kappa shape index (κ3) is 5.19. The zero-order valence-corrected chi connectivity index (χ0v) is 21.2. The van der Waals surface area contributed by atoms with E-state index in [9.17, 15) is 14.0 Å². The molecule has 0 spiro atoms. The summed E-state index contributed by atoms with van der Waals surface area (Å²) in [7, 11) is 0. The average molecular weight is 538 g/mol. The number of carbonyl (C=O) groups excluding carboxylic acids is 2. The van der Waals surface area contributed by atoms with Crippen molar-refractivity contribution in [3.63, 3.8) is 0 Å². The lowest BCUT2D eigenvalue weighted by molar-refractivity contribution is -0.140. The summed E-state index contributed by atoms with van der Waals surface area (Å²) in [6.45, 7) is 0.0124. The second kappa shape index (κ2) is 10.9. The lowest BCUT2D eigenvalue weighted by Crippen LogP contribution is -2.42. The maximum Gasteiger partial charge on any atom is 0.251 e. The Morgan fingerprint density at radius 2 is 1.68 bits per heavy atom. The predicted molar refractivity (Wildman–Crippen MR) is 145 cm³/mol. The van der Waals surface area contributed by atoms with Gasteiger partial charge in [-0.3, -0.25) is 9.59 Å². The van der Waals surface area contributed by atoms with E-state index in [0.29, 0.717) is 39.3 Å². The fourth-order valence-corrected chi connectivity index (χ4v) is 4.66. The lowest BCUT2D eigenvalue weighted by atomic mass is 10.0. The zero-order valence-electron chi connectivity index (χ0n) is 21.2. The van der Waals surface area contributed by atoms with Gasteiger partial charge in [-0.2, -0.15) is 0 Å². The number of fused-ring (bicyclic) bond motifs is 2. The molecule has 1 N–H and O–H groups in total. The Balaban J connectivity index is 1.37. The highest BCUT2D eigenvalue weighted by Gasteiger charge is 2.32. The SMILES string of the molecule is O=C(Nc1ccc2c(c1)OCO2)C(c1ccccc1)N(Cc1ccc(F)cc1)C(=O)Cn1nnc2ccccc21. The summed E-state index contributed by atoms with van der Waals surface area (Å²) < 4.78 is 26.0. The number of benzene rings is 4. The first kappa shape index (κ1) is 25.1. The van der Waals surface area contributed by atoms with Crippen LogP contribution in [0.3, 0.4) is 0 Å². The maximum absolute atomic E-state index is 14.0. The van der Waals surface area contributed by atoms with Crippen LogP contribution in [0.1, 0.15) is 17.2 Å². The number of ether oxygens (including phenoxy) is 2. The van der Waals surface area contributed by atoms with Crippen molar-refractivity contribution in [1.82, 2.24) is 19.9 Å². The summed E-state index contributed by atoms with van der Waals surface area (Å²) in [5.41, 5.74) is 3.11. The van der Waals surface area contributed by atoms with Crippen LogP contribution in [0.4, 0.5) is 10.1 Å². The molecule has 0 saturated carbocycles. The van der Waals surface area contributed by atoms with Gasteiger partial charge in [0.2, 0.25) is 12.7 Å². The van der Waals surface area contributed by atoms with E-state index in [1.165, 1.54) is 21.7 Å². The maximum atomic E-state index is 14.0. The fraction of sp³-hybridized carbons (Fsp3) is 0.133. The molecular weight excluding hydrogens is 513 g/mol. The molecule has 200 valence electrons. The quantitative estimate of drug-likeness (QED) is 0.308. The van der Waals surface area contributed by atoms with Crippen LogP contribution in [0.5, 0.6) is 11.5 Å². The van der Waals surface area contributed by atoms with Gasteiger partial charge in [-0.1, -0.05) is 59.8 Å². The van der Waals surface area contributed by atoms with Crippen LogP contribution in [0.2, 0.25) is 0 Å². The molecule has 0 bridgehead atoms. The summed E-state index contributed by atoms with van der Waals surface area (Å²) in [6.07, 6.45) is 0. The van der Waals surface area contributed by atoms with Crippen LogP contribution >= 0.6 is 0 Å². The molecule has 1 aliphatic heterocycles. The Kier molecular flexibility index (Phi) is 6.80. The van der Waals surface area contributed by atoms with Crippen LogP contribution in [-0.4, -0.2) is 38.5 Å². The zero-order chi connectivity index (χ0) is 27.5. The highest BCUT2D eigenvalue weighted by Crippen LogP contribution is 2.35. The minimum absolute atomic E-state index is 0.0554. The van der Waals surface area contributed by atoms with E-state index in [1.54, 1.807) is 42.5 Å². The van der Waals surface area contributed by atoms with Gasteiger partial charge in [-0.15, -0.1) is 5.10 Å². The highest BCUT2D eigenvalue weighted by atomic mass is 19.1. The molecule has 5 aromatic rings. The van der Waals surface area contributed by atoms with E-state index in [4.69, 9.17) is 9.47 Å². The van der Waals surface area contributed by atoms with Gasteiger partial charge >= 0.3 is 0 Å². The van der Waals surface area contributed by atoms with Crippen molar-refractivity contribution in [3.8, 4) is 11.5 Å². The molecule has 0 fully saturated rings. The molecule has 1 atom stereocenters. The number of nitrogens with one attached hydrogen (secondary N) is 1. The summed E-state index contributed by atoms with van der Waals surface area (Å²) in [6, 6.07) is 26.3. The number of halogens is 1. The molecule has 0 aliphatic carbocycles. The van der Waals surface area contributed by atoms with Gasteiger partial charge in [0.05, 0.1) is 5.52 Å². The monoisotopic (exact) mass is 537 g/mol. The van der Waals surface area contributed by atoms with E-state index in [2.05, 4.69) is 15.6 Å². The van der Waals surface area contributed by atoms with Crippen molar-refractivity contribution >= 4 is 28.5 Å². The Morgan fingerprint density at radius 3 is 2.50 bits per heavy atom. The van der Waals surface area contributed by atoms with Crippen molar-refractivity contribution in [3.05, 3.63) is 114 Å². The summed E-state index contributed by atoms with van der Waals surface area (Å²) in [4.78, 5) is 29.4. The van der Waals surface area contributed by atoms with Gasteiger partial charge in [0, 0.05) is 18.3 Å².